The zero-order valence-corrected chi connectivity index (χ0v) is 11.6. The smallest absolute Gasteiger partial charge is 0.245 e. The summed E-state index contributed by atoms with van der Waals surface area (Å²) in [6.45, 7) is 0. The average molecular weight is 470 g/mol. The first-order chi connectivity index (χ1) is 11.7. The lowest BCUT2D eigenvalue weighted by atomic mass is 10.2. The molecule has 20 heteroatoms. The van der Waals surface area contributed by atoms with Crippen molar-refractivity contribution in [1.29, 1.82) is 0 Å². The molecule has 0 unspecified atom stereocenters. The summed E-state index contributed by atoms with van der Waals surface area (Å²) in [5.74, 6) is -15.8. The minimum absolute atomic E-state index is 1.10. The Morgan fingerprint density at radius 1 is 0.286 bits per heavy atom. The Bertz CT molecular complexity index is 555. The van der Waals surface area contributed by atoms with Crippen molar-refractivity contribution in [1.82, 2.24) is 0 Å². The van der Waals surface area contributed by atoms with Crippen LogP contribution in [-0.2, 0) is 9.47 Å². The van der Waals surface area contributed by atoms with Crippen LogP contribution in [0.4, 0.5) is 79.0 Å². The molecule has 0 saturated carbocycles. The predicted octanol–water partition coefficient (Wildman–Crippen LogP) is 5.79. The highest BCUT2D eigenvalue weighted by Crippen LogP contribution is 2.55. The number of alkyl halides is 18. The van der Waals surface area contributed by atoms with E-state index in [2.05, 4.69) is 0 Å². The molecule has 170 valence electrons. The van der Waals surface area contributed by atoms with Gasteiger partial charge < -0.3 is 0 Å². The zero-order valence-electron chi connectivity index (χ0n) is 11.6. The van der Waals surface area contributed by atoms with Gasteiger partial charge in [-0.05, 0) is 0 Å². The lowest BCUT2D eigenvalue weighted by Gasteiger charge is -2.36. The fourth-order valence-corrected chi connectivity index (χ4v) is 0.907. The highest BCUT2D eigenvalue weighted by Gasteiger charge is 2.83. The van der Waals surface area contributed by atoms with Gasteiger partial charge in [0.1, 0.15) is 0 Å². The van der Waals surface area contributed by atoms with Crippen molar-refractivity contribution >= 4 is 0 Å². The van der Waals surface area contributed by atoms with Gasteiger partial charge in [0.15, 0.2) is 0 Å². The van der Waals surface area contributed by atoms with Crippen LogP contribution in [0.3, 0.4) is 0 Å². The molecule has 0 N–H and O–H groups in total. The maximum absolute atomic E-state index is 12.8. The summed E-state index contributed by atoms with van der Waals surface area (Å²) in [6.07, 6.45) is -45.5. The van der Waals surface area contributed by atoms with E-state index in [1.807, 2.05) is 0 Å². The Morgan fingerprint density at radius 2 is 0.536 bits per heavy atom. The van der Waals surface area contributed by atoms with E-state index in [0.717, 1.165) is 9.47 Å². The van der Waals surface area contributed by atoms with Gasteiger partial charge in [0.2, 0.25) is 0 Å². The van der Waals surface area contributed by atoms with E-state index in [1.54, 1.807) is 0 Å². The van der Waals surface area contributed by atoms with Crippen LogP contribution in [0.15, 0.2) is 0 Å². The summed E-state index contributed by atoms with van der Waals surface area (Å²) >= 11 is 0. The third-order valence-corrected chi connectivity index (χ3v) is 2.30. The Morgan fingerprint density at radius 3 is 0.786 bits per heavy atom. The fraction of sp³-hybridized carbons (Fsp3) is 1.00. The topological polar surface area (TPSA) is 18.5 Å². The first kappa shape index (κ1) is 26.7. The molecule has 0 rings (SSSR count). The highest BCUT2D eigenvalue weighted by molar-refractivity contribution is 4.92. The van der Waals surface area contributed by atoms with Crippen molar-refractivity contribution in [3.63, 3.8) is 0 Å². The summed E-state index contributed by atoms with van der Waals surface area (Å²) in [4.78, 5) is 0. The van der Waals surface area contributed by atoms with Crippen LogP contribution < -0.4 is 0 Å². The van der Waals surface area contributed by atoms with E-state index in [4.69, 9.17) is 0 Å². The Hall–Kier alpha value is -1.34. The number of halogens is 18. The normalized spacial score (nSPS) is 16.5. The zero-order chi connectivity index (χ0) is 23.4. The molecule has 28 heavy (non-hydrogen) atoms. The largest absolute Gasteiger partial charge is 0.483 e. The van der Waals surface area contributed by atoms with Crippen molar-refractivity contribution in [2.75, 3.05) is 0 Å². The first-order valence-corrected chi connectivity index (χ1v) is 5.47. The molecular weight excluding hydrogens is 470 g/mol. The van der Waals surface area contributed by atoms with E-state index in [1.165, 1.54) is 0 Å². The summed E-state index contributed by atoms with van der Waals surface area (Å²) in [7, 11) is 0. The van der Waals surface area contributed by atoms with Gasteiger partial charge in [-0.25, -0.2) is 9.47 Å². The van der Waals surface area contributed by atoms with Crippen LogP contribution in [0.1, 0.15) is 0 Å². The van der Waals surface area contributed by atoms with Crippen molar-refractivity contribution in [2.45, 2.75) is 48.6 Å². The Kier molecular flexibility index (Phi) is 6.27. The lowest BCUT2D eigenvalue weighted by molar-refractivity contribution is -0.546. The van der Waals surface area contributed by atoms with Crippen LogP contribution in [0, 0.1) is 0 Å². The van der Waals surface area contributed by atoms with E-state index in [0.29, 0.717) is 0 Å². The molecule has 0 aromatic heterocycles. The van der Waals surface area contributed by atoms with Crippen LogP contribution >= 0.6 is 0 Å². The molecule has 2 nitrogen and oxygen atoms in total. The SMILES string of the molecule is FC(F)(F)C(F)(F)OC(F)(F)C(F)(F)C(F)(F)OC(F)(F)C(F)(F)C(F)(F)F. The molecule has 0 bridgehead atoms. The van der Waals surface area contributed by atoms with Crippen molar-refractivity contribution in [2.24, 2.45) is 0 Å². The van der Waals surface area contributed by atoms with E-state index < -0.39 is 48.6 Å². The molecule has 0 spiro atoms. The molecule has 0 aliphatic rings. The molecule has 0 amide bonds. The third-order valence-electron chi connectivity index (χ3n) is 2.30. The molecule has 0 aliphatic carbocycles. The second kappa shape index (κ2) is 6.59. The third kappa shape index (κ3) is 4.46. The van der Waals surface area contributed by atoms with Crippen LogP contribution in [0.5, 0.6) is 0 Å². The number of hydrogen-bond donors (Lipinski definition) is 0. The first-order valence-electron chi connectivity index (χ1n) is 5.47. The molecule has 0 heterocycles. The van der Waals surface area contributed by atoms with Crippen molar-refractivity contribution in [3.05, 3.63) is 0 Å². The molecule has 0 fully saturated rings. The summed E-state index contributed by atoms with van der Waals surface area (Å²) in [5, 5.41) is 0. The molecule has 0 aliphatic heterocycles. The summed E-state index contributed by atoms with van der Waals surface area (Å²) < 4.78 is 222. The maximum atomic E-state index is 12.8. The average Bonchev–Trinajstić information content (AvgIpc) is 2.32. The van der Waals surface area contributed by atoms with Gasteiger partial charge in [-0.3, -0.25) is 0 Å². The molecule has 0 aromatic carbocycles. The second-order valence-electron chi connectivity index (χ2n) is 4.42. The Labute approximate surface area is 139 Å². The molecule has 0 atom stereocenters. The van der Waals surface area contributed by atoms with Gasteiger partial charge in [0.25, 0.3) is 0 Å². The maximum Gasteiger partial charge on any atom is 0.483 e. The summed E-state index contributed by atoms with van der Waals surface area (Å²) in [6, 6.07) is 0. The fourth-order valence-electron chi connectivity index (χ4n) is 0.907. The number of rotatable bonds is 7. The van der Waals surface area contributed by atoms with Crippen molar-refractivity contribution in [3.8, 4) is 0 Å². The molecule has 0 radical (unpaired) electrons. The Balaban J connectivity index is 6.00. The van der Waals surface area contributed by atoms with Gasteiger partial charge in [-0.1, -0.05) is 0 Å². The van der Waals surface area contributed by atoms with Crippen LogP contribution in [-0.4, -0.2) is 48.6 Å². The predicted molar refractivity (Wildman–Crippen MR) is 44.0 cm³/mol. The number of ether oxygens (including phenoxy) is 2. The van der Waals surface area contributed by atoms with Gasteiger partial charge in [-0.15, -0.1) is 0 Å². The van der Waals surface area contributed by atoms with E-state index in [-0.39, 0.29) is 0 Å². The minimum atomic E-state index is -8.06. The van der Waals surface area contributed by atoms with Gasteiger partial charge >= 0.3 is 48.6 Å². The summed E-state index contributed by atoms with van der Waals surface area (Å²) in [5.41, 5.74) is 0. The van der Waals surface area contributed by atoms with Gasteiger partial charge in [0, 0.05) is 0 Å². The van der Waals surface area contributed by atoms with Crippen LogP contribution in [0.25, 0.3) is 0 Å². The second-order valence-corrected chi connectivity index (χ2v) is 4.42. The van der Waals surface area contributed by atoms with E-state index in [9.17, 15) is 79.0 Å². The van der Waals surface area contributed by atoms with Gasteiger partial charge in [-0.2, -0.15) is 79.0 Å². The lowest BCUT2D eigenvalue weighted by Crippen LogP contribution is -2.64. The highest BCUT2D eigenvalue weighted by atomic mass is 19.4. The molecule has 0 saturated heterocycles. The monoisotopic (exact) mass is 470 g/mol. The van der Waals surface area contributed by atoms with Crippen LogP contribution in [0.2, 0.25) is 0 Å². The minimum Gasteiger partial charge on any atom is -0.245 e. The van der Waals surface area contributed by atoms with Gasteiger partial charge in [0.05, 0.1) is 0 Å². The quantitative estimate of drug-likeness (QED) is 0.439. The number of hydrogen-bond acceptors (Lipinski definition) is 2. The molecule has 0 aromatic rings. The van der Waals surface area contributed by atoms with E-state index >= 15 is 0 Å². The standard InChI is InChI=1S/C8F18O2/c9-1(10,3(13,14)15)5(19,20)27-6(21,22)2(11,12)7(23,24)28-8(25,26)4(16,17)18. The van der Waals surface area contributed by atoms with Crippen molar-refractivity contribution < 1.29 is 88.5 Å². The molecular formula is C8F18O2.